The lowest BCUT2D eigenvalue weighted by atomic mass is 9.93. The summed E-state index contributed by atoms with van der Waals surface area (Å²) in [6.07, 6.45) is 1.15. The minimum Gasteiger partial charge on any atom is -0.478 e. The van der Waals surface area contributed by atoms with Gasteiger partial charge in [0.05, 0.1) is 23.1 Å². The van der Waals surface area contributed by atoms with E-state index < -0.39 is 5.97 Å². The monoisotopic (exact) mass is 377 g/mol. The molecule has 0 spiro atoms. The number of aromatic nitrogens is 2. The Balaban J connectivity index is 1.61. The molecule has 28 heavy (non-hydrogen) atoms. The Labute approximate surface area is 165 Å². The van der Waals surface area contributed by atoms with Crippen LogP contribution in [-0.2, 0) is 13.1 Å². The Kier molecular flexibility index (Phi) is 4.94. The van der Waals surface area contributed by atoms with Crippen LogP contribution in [-0.4, -0.2) is 38.1 Å². The van der Waals surface area contributed by atoms with Crippen LogP contribution >= 0.6 is 0 Å². The van der Waals surface area contributed by atoms with Crippen molar-refractivity contribution in [3.05, 3.63) is 65.0 Å². The quantitative estimate of drug-likeness (QED) is 0.714. The van der Waals surface area contributed by atoms with Crippen molar-refractivity contribution < 1.29 is 9.90 Å². The maximum absolute atomic E-state index is 11.3. The van der Waals surface area contributed by atoms with Crippen molar-refractivity contribution in [3.8, 4) is 0 Å². The molecule has 1 fully saturated rings. The number of aromatic carboxylic acids is 1. The van der Waals surface area contributed by atoms with E-state index in [1.165, 1.54) is 11.1 Å². The van der Waals surface area contributed by atoms with Gasteiger partial charge in [-0.25, -0.2) is 9.78 Å². The fraction of sp³-hybridized carbons (Fsp3) is 0.391. The van der Waals surface area contributed by atoms with Gasteiger partial charge in [0.1, 0.15) is 5.82 Å². The number of aryl methyl sites for hydroxylation is 2. The number of rotatable bonds is 5. The smallest absolute Gasteiger partial charge is 0.335 e. The lowest BCUT2D eigenvalue weighted by molar-refractivity contribution is 0.0697. The second-order valence-electron chi connectivity index (χ2n) is 7.85. The Morgan fingerprint density at radius 1 is 1.25 bits per heavy atom. The minimum atomic E-state index is -0.913. The van der Waals surface area contributed by atoms with Crippen molar-refractivity contribution in [2.45, 2.75) is 52.2 Å². The topological polar surface area (TPSA) is 58.4 Å². The van der Waals surface area contributed by atoms with Crippen molar-refractivity contribution >= 4 is 17.0 Å². The molecule has 1 aromatic heterocycles. The summed E-state index contributed by atoms with van der Waals surface area (Å²) in [5.74, 6) is 0.648. The van der Waals surface area contributed by atoms with Crippen LogP contribution < -0.4 is 0 Å². The van der Waals surface area contributed by atoms with Crippen molar-refractivity contribution in [1.29, 1.82) is 0 Å². The summed E-state index contributed by atoms with van der Waals surface area (Å²) < 4.78 is 2.20. The number of imidazole rings is 1. The van der Waals surface area contributed by atoms with Gasteiger partial charge in [0.15, 0.2) is 0 Å². The Morgan fingerprint density at radius 2 is 2.04 bits per heavy atom. The summed E-state index contributed by atoms with van der Waals surface area (Å²) in [6.45, 7) is 9.23. The molecule has 5 nitrogen and oxygen atoms in total. The lowest BCUT2D eigenvalue weighted by Crippen LogP contribution is -2.28. The Bertz CT molecular complexity index is 1020. The summed E-state index contributed by atoms with van der Waals surface area (Å²) in [7, 11) is 0. The van der Waals surface area contributed by atoms with Crippen LogP contribution in [0.2, 0.25) is 0 Å². The fourth-order valence-electron chi connectivity index (χ4n) is 4.56. The van der Waals surface area contributed by atoms with Crippen molar-refractivity contribution in [2.24, 2.45) is 0 Å². The van der Waals surface area contributed by atoms with E-state index in [-0.39, 0.29) is 5.56 Å². The normalized spacial score (nSPS) is 20.1. The molecular formula is C23H27N3O2. The summed E-state index contributed by atoms with van der Waals surface area (Å²) in [4.78, 5) is 18.6. The number of fused-ring (bicyclic) bond motifs is 1. The van der Waals surface area contributed by atoms with E-state index in [0.717, 1.165) is 42.9 Å². The van der Waals surface area contributed by atoms with E-state index >= 15 is 0 Å². The number of hydrogen-bond donors (Lipinski definition) is 1. The van der Waals surface area contributed by atoms with Gasteiger partial charge in [-0.05, 0) is 62.4 Å². The van der Waals surface area contributed by atoms with Gasteiger partial charge >= 0.3 is 5.97 Å². The molecule has 2 heterocycles. The van der Waals surface area contributed by atoms with E-state index in [1.54, 1.807) is 12.1 Å². The summed E-state index contributed by atoms with van der Waals surface area (Å²) in [6, 6.07) is 14.4. The molecular weight excluding hydrogens is 350 g/mol. The molecule has 1 aliphatic rings. The van der Waals surface area contributed by atoms with Gasteiger partial charge in [-0.15, -0.1) is 0 Å². The van der Waals surface area contributed by atoms with E-state index in [2.05, 4.69) is 54.5 Å². The minimum absolute atomic E-state index is 0.286. The summed E-state index contributed by atoms with van der Waals surface area (Å²) >= 11 is 0. The average Bonchev–Trinajstić information content (AvgIpc) is 3.21. The van der Waals surface area contributed by atoms with Crippen molar-refractivity contribution in [2.75, 3.05) is 6.54 Å². The number of carboxylic acid groups (broad SMARTS) is 1. The number of benzene rings is 2. The van der Waals surface area contributed by atoms with Crippen LogP contribution in [0.4, 0.5) is 0 Å². The molecule has 0 amide bonds. The lowest BCUT2D eigenvalue weighted by Gasteiger charge is -2.21. The molecule has 5 heteroatoms. The molecule has 3 aromatic rings. The molecule has 0 radical (unpaired) electrons. The highest BCUT2D eigenvalue weighted by Crippen LogP contribution is 2.34. The SMILES string of the molecule is CCn1c(CN2CC(c3ccccc3C)CC2C)nc2cc(C(=O)O)ccc21. The van der Waals surface area contributed by atoms with Gasteiger partial charge < -0.3 is 9.67 Å². The molecule has 4 rings (SSSR count). The Hall–Kier alpha value is -2.66. The molecule has 0 saturated carbocycles. The van der Waals surface area contributed by atoms with Crippen LogP contribution in [0, 0.1) is 6.92 Å². The summed E-state index contributed by atoms with van der Waals surface area (Å²) in [5.41, 5.74) is 4.87. The van der Waals surface area contributed by atoms with Crippen LogP contribution in [0.25, 0.3) is 11.0 Å². The predicted molar refractivity (Wildman–Crippen MR) is 111 cm³/mol. The van der Waals surface area contributed by atoms with Crippen LogP contribution in [0.1, 0.15) is 53.5 Å². The highest BCUT2D eigenvalue weighted by atomic mass is 16.4. The zero-order valence-electron chi connectivity index (χ0n) is 16.7. The molecule has 1 saturated heterocycles. The molecule has 2 unspecified atom stereocenters. The van der Waals surface area contributed by atoms with Gasteiger partial charge in [0.2, 0.25) is 0 Å². The molecule has 1 N–H and O–H groups in total. The third kappa shape index (κ3) is 3.31. The Morgan fingerprint density at radius 3 is 2.75 bits per heavy atom. The van der Waals surface area contributed by atoms with E-state index in [1.807, 2.05) is 6.07 Å². The molecule has 0 aliphatic carbocycles. The zero-order chi connectivity index (χ0) is 19.8. The van der Waals surface area contributed by atoms with Crippen LogP contribution in [0.3, 0.4) is 0 Å². The fourth-order valence-corrected chi connectivity index (χ4v) is 4.56. The first-order chi connectivity index (χ1) is 13.5. The van der Waals surface area contributed by atoms with E-state index in [0.29, 0.717) is 12.0 Å². The number of likely N-dealkylation sites (tertiary alicyclic amines) is 1. The number of hydrogen-bond acceptors (Lipinski definition) is 3. The van der Waals surface area contributed by atoms with Gasteiger partial charge in [0, 0.05) is 19.1 Å². The third-order valence-corrected chi connectivity index (χ3v) is 6.07. The first kappa shape index (κ1) is 18.7. The highest BCUT2D eigenvalue weighted by molar-refractivity contribution is 5.92. The van der Waals surface area contributed by atoms with Gasteiger partial charge in [-0.1, -0.05) is 24.3 Å². The molecule has 1 aliphatic heterocycles. The first-order valence-electron chi connectivity index (χ1n) is 10.00. The average molecular weight is 377 g/mol. The van der Waals surface area contributed by atoms with Gasteiger partial charge in [0.25, 0.3) is 0 Å². The maximum Gasteiger partial charge on any atom is 0.335 e. The number of carbonyl (C=O) groups is 1. The number of nitrogens with zero attached hydrogens (tertiary/aromatic N) is 3. The summed E-state index contributed by atoms with van der Waals surface area (Å²) in [5, 5.41) is 9.26. The van der Waals surface area contributed by atoms with E-state index in [9.17, 15) is 9.90 Å². The maximum atomic E-state index is 11.3. The van der Waals surface area contributed by atoms with Crippen LogP contribution in [0.15, 0.2) is 42.5 Å². The second-order valence-corrected chi connectivity index (χ2v) is 7.85. The number of carboxylic acids is 1. The molecule has 0 bridgehead atoms. The molecule has 2 atom stereocenters. The predicted octanol–water partition coefficient (Wildman–Crippen LogP) is 4.44. The van der Waals surface area contributed by atoms with E-state index in [4.69, 9.17) is 4.98 Å². The molecule has 2 aromatic carbocycles. The largest absolute Gasteiger partial charge is 0.478 e. The van der Waals surface area contributed by atoms with Gasteiger partial charge in [-0.3, -0.25) is 4.90 Å². The standard InChI is InChI=1S/C23H27N3O2/c1-4-26-21-10-9-17(23(27)28)12-20(21)24-22(26)14-25-13-18(11-16(25)3)19-8-6-5-7-15(19)2/h5-10,12,16,18H,4,11,13-14H2,1-3H3,(H,27,28). The van der Waals surface area contributed by atoms with Crippen molar-refractivity contribution in [1.82, 2.24) is 14.5 Å². The van der Waals surface area contributed by atoms with Crippen LogP contribution in [0.5, 0.6) is 0 Å². The highest BCUT2D eigenvalue weighted by Gasteiger charge is 2.31. The molecule has 146 valence electrons. The third-order valence-electron chi connectivity index (χ3n) is 6.07. The van der Waals surface area contributed by atoms with Crippen molar-refractivity contribution in [3.63, 3.8) is 0 Å². The first-order valence-corrected chi connectivity index (χ1v) is 10.00. The second kappa shape index (κ2) is 7.40. The van der Waals surface area contributed by atoms with Gasteiger partial charge in [-0.2, -0.15) is 0 Å². The zero-order valence-corrected chi connectivity index (χ0v) is 16.7.